The highest BCUT2D eigenvalue weighted by Gasteiger charge is 1.98. The molecule has 10 nitrogen and oxygen atoms in total. The summed E-state index contributed by atoms with van der Waals surface area (Å²) in [5.41, 5.74) is 0. The van der Waals surface area contributed by atoms with Crippen molar-refractivity contribution in [3.63, 3.8) is 0 Å². The molecule has 0 aliphatic rings. The van der Waals surface area contributed by atoms with Crippen molar-refractivity contribution in [2.45, 2.75) is 157 Å². The van der Waals surface area contributed by atoms with Crippen molar-refractivity contribution in [1.29, 1.82) is 0 Å². The minimum Gasteiger partial charge on any atom is -0.481 e. The predicted molar refractivity (Wildman–Crippen MR) is 161 cm³/mol. The largest absolute Gasteiger partial charge is 0.481 e. The Kier molecular flexibility index (Phi) is 51.2. The molecule has 0 rings (SSSR count). The molecule has 0 bridgehead atoms. The molecule has 0 aromatic rings. The molecule has 0 aromatic heterocycles. The normalized spacial score (nSPS) is 9.05. The Morgan fingerprint density at radius 2 is 0.650 bits per heavy atom. The molecule has 240 valence electrons. The van der Waals surface area contributed by atoms with Crippen LogP contribution in [-0.4, -0.2) is 56.8 Å². The molecule has 40 heavy (non-hydrogen) atoms. The topological polar surface area (TPSA) is 178 Å². The lowest BCUT2D eigenvalue weighted by Crippen LogP contribution is -2.23. The van der Waals surface area contributed by atoms with Gasteiger partial charge in [-0.3, -0.25) is 24.0 Å². The van der Waals surface area contributed by atoms with Crippen LogP contribution in [0.25, 0.3) is 0 Å². The highest BCUT2D eigenvalue weighted by atomic mass is 16.4. The van der Waals surface area contributed by atoms with Gasteiger partial charge in [0.1, 0.15) is 0 Å². The Morgan fingerprint density at radius 1 is 0.425 bits per heavy atom. The van der Waals surface area contributed by atoms with Crippen LogP contribution in [0.4, 0.5) is 0 Å². The quantitative estimate of drug-likeness (QED) is 0.0967. The Morgan fingerprint density at radius 3 is 0.875 bits per heavy atom. The van der Waals surface area contributed by atoms with Crippen LogP contribution < -0.4 is 5.32 Å². The number of rotatable bonds is 19. The van der Waals surface area contributed by atoms with Crippen molar-refractivity contribution >= 4 is 29.8 Å². The van der Waals surface area contributed by atoms with E-state index in [4.69, 9.17) is 39.6 Å². The highest BCUT2D eigenvalue weighted by molar-refractivity contribution is 5.75. The summed E-state index contributed by atoms with van der Waals surface area (Å²) < 4.78 is 0. The maximum absolute atomic E-state index is 11.3. The highest BCUT2D eigenvalue weighted by Crippen LogP contribution is 2.13. The van der Waals surface area contributed by atoms with Crippen LogP contribution in [0.2, 0.25) is 0 Å². The number of hydrogen-bond donors (Lipinski definition) is 5. The second-order valence-electron chi connectivity index (χ2n) is 9.48. The zero-order chi connectivity index (χ0) is 32.0. The van der Waals surface area contributed by atoms with Crippen LogP contribution >= 0.6 is 0 Å². The van der Waals surface area contributed by atoms with Crippen LogP contribution in [0.15, 0.2) is 0 Å². The van der Waals surface area contributed by atoms with Gasteiger partial charge in [0.25, 0.3) is 23.9 Å². The molecule has 0 aliphatic heterocycles. The van der Waals surface area contributed by atoms with E-state index in [1.165, 1.54) is 96.3 Å². The maximum atomic E-state index is 11.3. The number of amides is 1. The number of carboxylic acid groups (broad SMARTS) is 4. The molecule has 0 atom stereocenters. The average molecular weight is 580 g/mol. The van der Waals surface area contributed by atoms with Crippen molar-refractivity contribution in [3.8, 4) is 0 Å². The van der Waals surface area contributed by atoms with E-state index < -0.39 is 23.9 Å². The molecule has 0 aromatic carbocycles. The summed E-state index contributed by atoms with van der Waals surface area (Å²) in [6.45, 7) is 9.54. The minimum absolute atomic E-state index is 0.221. The maximum Gasteiger partial charge on any atom is 0.300 e. The number of carbonyl (C=O) groups is 5. The molecule has 0 radical (unpaired) electrons. The van der Waals surface area contributed by atoms with Crippen LogP contribution in [0.5, 0.6) is 0 Å². The Hall–Kier alpha value is -2.65. The van der Waals surface area contributed by atoms with Gasteiger partial charge in [-0.15, -0.1) is 0 Å². The fourth-order valence-corrected chi connectivity index (χ4v) is 3.22. The second kappa shape index (κ2) is 43.4. The van der Waals surface area contributed by atoms with Gasteiger partial charge in [-0.05, 0) is 12.8 Å². The minimum atomic E-state index is -0.833. The number of carboxylic acids is 4. The zero-order valence-electron chi connectivity index (χ0n) is 26.3. The van der Waals surface area contributed by atoms with Gasteiger partial charge in [-0.1, -0.05) is 110 Å². The Balaban J connectivity index is -0.000000207. The van der Waals surface area contributed by atoms with E-state index in [9.17, 15) is 4.79 Å². The summed E-state index contributed by atoms with van der Waals surface area (Å²) >= 11 is 0. The Labute approximate surface area is 243 Å². The molecule has 0 saturated heterocycles. The molecular weight excluding hydrogens is 518 g/mol. The number of hydrogen-bond acceptors (Lipinski definition) is 5. The van der Waals surface area contributed by atoms with Gasteiger partial charge >= 0.3 is 0 Å². The number of carbonyl (C=O) groups excluding carboxylic acids is 1. The fraction of sp³-hybridized carbons (Fsp3) is 0.833. The fourth-order valence-electron chi connectivity index (χ4n) is 3.22. The van der Waals surface area contributed by atoms with E-state index in [0.29, 0.717) is 6.42 Å². The lowest BCUT2D eigenvalue weighted by molar-refractivity contribution is -0.135. The number of aliphatic carboxylic acids is 4. The van der Waals surface area contributed by atoms with Gasteiger partial charge in [-0.2, -0.15) is 0 Å². The second-order valence-corrected chi connectivity index (χ2v) is 9.48. The van der Waals surface area contributed by atoms with Crippen molar-refractivity contribution in [2.75, 3.05) is 6.54 Å². The molecular formula is C30H61NO9. The summed E-state index contributed by atoms with van der Waals surface area (Å²) in [5, 5.41) is 32.7. The van der Waals surface area contributed by atoms with Gasteiger partial charge in [0.2, 0.25) is 5.91 Å². The molecule has 0 saturated carbocycles. The first-order valence-corrected chi connectivity index (χ1v) is 14.8. The number of unbranched alkanes of at least 4 members (excludes halogenated alkanes) is 15. The standard InChI is InChI=1S/C22H45NO.4C2H4O2/c1-3-5-6-7-8-9-10-11-12-13-14-15-16-17-18-19-21-23-22(24)20-4-2;4*1-2(3)4/h3-21H2,1-2H3,(H,23,24);4*1H3,(H,3,4). The van der Waals surface area contributed by atoms with Gasteiger partial charge in [-0.25, -0.2) is 0 Å². The third kappa shape index (κ3) is 111. The Bertz CT molecular complexity index is 518. The van der Waals surface area contributed by atoms with Gasteiger partial charge in [0.05, 0.1) is 0 Å². The van der Waals surface area contributed by atoms with E-state index in [-0.39, 0.29) is 5.91 Å². The molecule has 5 N–H and O–H groups in total. The van der Waals surface area contributed by atoms with Crippen molar-refractivity contribution < 1.29 is 44.4 Å². The van der Waals surface area contributed by atoms with Crippen LogP contribution in [0.1, 0.15) is 157 Å². The molecule has 0 aliphatic carbocycles. The third-order valence-corrected chi connectivity index (χ3v) is 4.83. The summed E-state index contributed by atoms with van der Waals surface area (Å²) in [7, 11) is 0. The van der Waals surface area contributed by atoms with E-state index in [0.717, 1.165) is 47.1 Å². The zero-order valence-corrected chi connectivity index (χ0v) is 26.3. The smallest absolute Gasteiger partial charge is 0.300 e. The van der Waals surface area contributed by atoms with Crippen LogP contribution in [0, 0.1) is 0 Å². The van der Waals surface area contributed by atoms with E-state index >= 15 is 0 Å². The van der Waals surface area contributed by atoms with Gasteiger partial charge in [0, 0.05) is 40.7 Å². The SMILES string of the molecule is CC(=O)O.CC(=O)O.CC(=O)O.CC(=O)O.CCCCCCCCCCCCCCCCCCNC(=O)CCC. The van der Waals surface area contributed by atoms with Crippen LogP contribution in [-0.2, 0) is 24.0 Å². The van der Waals surface area contributed by atoms with Crippen molar-refractivity contribution in [1.82, 2.24) is 5.32 Å². The summed E-state index contributed by atoms with van der Waals surface area (Å²) in [6.07, 6.45) is 24.0. The molecule has 10 heteroatoms. The number of nitrogens with one attached hydrogen (secondary N) is 1. The average Bonchev–Trinajstić information content (AvgIpc) is 2.80. The van der Waals surface area contributed by atoms with Crippen molar-refractivity contribution in [2.24, 2.45) is 0 Å². The molecule has 0 spiro atoms. The first-order chi connectivity index (χ1) is 18.7. The predicted octanol–water partition coefficient (Wildman–Crippen LogP) is 7.53. The van der Waals surface area contributed by atoms with Crippen molar-refractivity contribution in [3.05, 3.63) is 0 Å². The molecule has 0 heterocycles. The van der Waals surface area contributed by atoms with E-state index in [1.807, 2.05) is 6.92 Å². The monoisotopic (exact) mass is 579 g/mol. The van der Waals surface area contributed by atoms with E-state index in [2.05, 4.69) is 12.2 Å². The summed E-state index contributed by atoms with van der Waals surface area (Å²) in [5.74, 6) is -3.11. The lowest BCUT2D eigenvalue weighted by Gasteiger charge is -2.05. The van der Waals surface area contributed by atoms with Gasteiger partial charge < -0.3 is 25.7 Å². The molecule has 0 fully saturated rings. The molecule has 1 amide bonds. The van der Waals surface area contributed by atoms with E-state index in [1.54, 1.807) is 0 Å². The lowest BCUT2D eigenvalue weighted by atomic mass is 10.0. The summed E-state index contributed by atoms with van der Waals surface area (Å²) in [4.78, 5) is 47.3. The first-order valence-electron chi connectivity index (χ1n) is 14.8. The van der Waals surface area contributed by atoms with Crippen LogP contribution in [0.3, 0.4) is 0 Å². The van der Waals surface area contributed by atoms with Gasteiger partial charge in [0.15, 0.2) is 0 Å². The first kappa shape index (κ1) is 47.2. The third-order valence-electron chi connectivity index (χ3n) is 4.83. The summed E-state index contributed by atoms with van der Waals surface area (Å²) in [6, 6.07) is 0. The molecule has 0 unspecified atom stereocenters.